The van der Waals surface area contributed by atoms with Crippen molar-refractivity contribution in [1.82, 2.24) is 14.5 Å². The van der Waals surface area contributed by atoms with E-state index >= 15 is 0 Å². The van der Waals surface area contributed by atoms with Crippen molar-refractivity contribution in [2.75, 3.05) is 13.2 Å². The Labute approximate surface area is 255 Å². The lowest BCUT2D eigenvalue weighted by Gasteiger charge is -2.44. The molecular formula is C27H47N3O10SSi2. The highest BCUT2D eigenvalue weighted by Crippen LogP contribution is 2.52. The smallest absolute Gasteiger partial charge is 0.332 e. The fraction of sp³-hybridized carbons (Fsp3) is 0.741. The minimum atomic E-state index is -4.36. The van der Waals surface area contributed by atoms with Crippen LogP contribution in [-0.4, -0.2) is 76.2 Å². The Kier molecular flexibility index (Phi) is 9.36. The second-order valence-electron chi connectivity index (χ2n) is 14.4. The third kappa shape index (κ3) is 6.65. The molecule has 3 heterocycles. The number of nitrogens with one attached hydrogen (secondary N) is 1. The van der Waals surface area contributed by atoms with Gasteiger partial charge in [-0.25, -0.2) is 8.98 Å². The van der Waals surface area contributed by atoms with Crippen LogP contribution in [-0.2, 0) is 39.7 Å². The molecule has 0 radical (unpaired) electrons. The van der Waals surface area contributed by atoms with Gasteiger partial charge in [0.05, 0.1) is 17.7 Å². The lowest BCUT2D eigenvalue weighted by atomic mass is 9.89. The fourth-order valence-corrected chi connectivity index (χ4v) is 8.11. The van der Waals surface area contributed by atoms with Gasteiger partial charge in [-0.2, -0.15) is 8.42 Å². The van der Waals surface area contributed by atoms with Crippen LogP contribution in [0.15, 0.2) is 26.9 Å². The number of hydrogen-bond acceptors (Lipinski definition) is 10. The maximum Gasteiger partial charge on any atom is 0.332 e. The predicted octanol–water partition coefficient (Wildman–Crippen LogP) is 2.78. The van der Waals surface area contributed by atoms with Gasteiger partial charge in [0.2, 0.25) is 0 Å². The summed E-state index contributed by atoms with van der Waals surface area (Å²) in [5, 5.41) is 12.5. The Morgan fingerprint density at radius 3 is 2.16 bits per heavy atom. The van der Waals surface area contributed by atoms with Gasteiger partial charge in [-0.3, -0.25) is 18.7 Å². The van der Waals surface area contributed by atoms with E-state index in [0.29, 0.717) is 0 Å². The summed E-state index contributed by atoms with van der Waals surface area (Å²) in [6.45, 7) is 21.0. The maximum absolute atomic E-state index is 13.5. The summed E-state index contributed by atoms with van der Waals surface area (Å²) in [4.78, 5) is 37.7. The monoisotopic (exact) mass is 661 g/mol. The lowest BCUT2D eigenvalue weighted by Crippen LogP contribution is -2.60. The highest BCUT2D eigenvalue weighted by molar-refractivity contribution is 7.90. The number of aromatic nitrogens is 2. The van der Waals surface area contributed by atoms with Gasteiger partial charge in [-0.15, -0.1) is 0 Å². The number of ether oxygens (including phenoxy) is 1. The predicted molar refractivity (Wildman–Crippen MR) is 166 cm³/mol. The van der Waals surface area contributed by atoms with Crippen LogP contribution in [0.2, 0.25) is 36.3 Å². The molecule has 1 aromatic heterocycles. The summed E-state index contributed by atoms with van der Waals surface area (Å²) in [7, 11) is -8.23. The summed E-state index contributed by atoms with van der Waals surface area (Å²) in [5.74, 6) is -1.23. The average molecular weight is 662 g/mol. The molecule has 244 valence electrons. The van der Waals surface area contributed by atoms with Crippen LogP contribution in [0.4, 0.5) is 0 Å². The standard InChI is InChI=1S/C27H47N3O10SSi2/c1-17-14-30(24(34)29(8)22(17)33)23-21(39-43(11,12)26(5,6)7)27(18(28-13-20(31)32)16-41(35,36)40-27)19(38-23)15-37-42(9,10)25(2,3)4/h14,16,19,21,23,28H,13,15H2,1-12H3,(H,31,32)/t19-,21+,23-,27-/m1/s1. The largest absolute Gasteiger partial charge is 0.480 e. The highest BCUT2D eigenvalue weighted by Gasteiger charge is 2.68. The van der Waals surface area contributed by atoms with Crippen molar-refractivity contribution >= 4 is 32.7 Å². The lowest BCUT2D eigenvalue weighted by molar-refractivity contribution is -0.136. The Hall–Kier alpha value is -2.09. The molecule has 16 heteroatoms. The molecule has 0 unspecified atom stereocenters. The molecule has 2 N–H and O–H groups in total. The Balaban J connectivity index is 2.35. The van der Waals surface area contributed by atoms with Crippen molar-refractivity contribution in [3.8, 4) is 0 Å². The minimum absolute atomic E-state index is 0.0699. The molecule has 1 spiro atoms. The summed E-state index contributed by atoms with van der Waals surface area (Å²) >= 11 is 0. The van der Waals surface area contributed by atoms with Gasteiger partial charge >= 0.3 is 11.7 Å². The van der Waals surface area contributed by atoms with E-state index in [0.717, 1.165) is 9.98 Å². The molecule has 43 heavy (non-hydrogen) atoms. The quantitative estimate of drug-likeness (QED) is 0.295. The van der Waals surface area contributed by atoms with Crippen LogP contribution in [0.1, 0.15) is 53.3 Å². The van der Waals surface area contributed by atoms with Gasteiger partial charge in [0.1, 0.15) is 18.8 Å². The third-order valence-corrected chi connectivity index (χ3v) is 19.2. The molecule has 0 amide bonds. The van der Waals surface area contributed by atoms with Crippen molar-refractivity contribution in [2.24, 2.45) is 7.05 Å². The van der Waals surface area contributed by atoms with E-state index in [-0.39, 0.29) is 27.9 Å². The molecule has 0 aliphatic carbocycles. The summed E-state index contributed by atoms with van der Waals surface area (Å²) in [6.07, 6.45) is -2.32. The van der Waals surface area contributed by atoms with Crippen molar-refractivity contribution in [1.29, 1.82) is 0 Å². The first-order valence-electron chi connectivity index (χ1n) is 14.2. The van der Waals surface area contributed by atoms with Crippen LogP contribution < -0.4 is 16.6 Å². The first kappa shape index (κ1) is 35.4. The summed E-state index contributed by atoms with van der Waals surface area (Å²) in [6, 6.07) is 0. The van der Waals surface area contributed by atoms with E-state index < -0.39 is 74.6 Å². The number of rotatable bonds is 9. The molecule has 3 rings (SSSR count). The zero-order valence-corrected chi connectivity index (χ0v) is 30.0. The zero-order valence-electron chi connectivity index (χ0n) is 27.2. The number of aryl methyl sites for hydroxylation is 1. The van der Waals surface area contributed by atoms with Crippen molar-refractivity contribution in [2.45, 2.75) is 109 Å². The fourth-order valence-electron chi connectivity index (χ4n) is 4.55. The van der Waals surface area contributed by atoms with E-state index in [4.69, 9.17) is 17.8 Å². The van der Waals surface area contributed by atoms with Crippen LogP contribution in [0.25, 0.3) is 0 Å². The number of nitrogens with zero attached hydrogens (tertiary/aromatic N) is 2. The molecule has 4 atom stereocenters. The van der Waals surface area contributed by atoms with Gasteiger partial charge in [-0.1, -0.05) is 41.5 Å². The minimum Gasteiger partial charge on any atom is -0.480 e. The van der Waals surface area contributed by atoms with Crippen LogP contribution in [0.3, 0.4) is 0 Å². The second-order valence-corrected chi connectivity index (χ2v) is 25.4. The first-order valence-corrected chi connectivity index (χ1v) is 21.5. The molecule has 0 saturated carbocycles. The molecule has 1 saturated heterocycles. The van der Waals surface area contributed by atoms with Crippen LogP contribution in [0.5, 0.6) is 0 Å². The Morgan fingerprint density at radius 2 is 1.65 bits per heavy atom. The second kappa shape index (κ2) is 11.4. The van der Waals surface area contributed by atoms with Gasteiger partial charge in [0.15, 0.2) is 28.5 Å². The number of carboxylic acids is 1. The third-order valence-electron chi connectivity index (χ3n) is 9.22. The van der Waals surface area contributed by atoms with Crippen LogP contribution >= 0.6 is 0 Å². The van der Waals surface area contributed by atoms with Crippen molar-refractivity contribution < 1.29 is 36.1 Å². The number of carboxylic acid groups (broad SMARTS) is 1. The normalized spacial score (nSPS) is 26.1. The number of carbonyl (C=O) groups is 1. The van der Waals surface area contributed by atoms with Gasteiger partial charge < -0.3 is 24.0 Å². The van der Waals surface area contributed by atoms with E-state index in [1.807, 2.05) is 47.0 Å². The van der Waals surface area contributed by atoms with Gasteiger partial charge in [0.25, 0.3) is 15.7 Å². The highest BCUT2D eigenvalue weighted by atomic mass is 32.2. The molecule has 2 aliphatic heterocycles. The Morgan fingerprint density at radius 1 is 1.09 bits per heavy atom. The summed E-state index contributed by atoms with van der Waals surface area (Å²) in [5.41, 5.74) is -2.93. The van der Waals surface area contributed by atoms with E-state index in [9.17, 15) is 27.9 Å². The van der Waals surface area contributed by atoms with E-state index in [2.05, 4.69) is 26.1 Å². The molecule has 0 aromatic carbocycles. The van der Waals surface area contributed by atoms with Gasteiger partial charge in [-0.05, 0) is 43.2 Å². The Bertz CT molecular complexity index is 1520. The van der Waals surface area contributed by atoms with E-state index in [1.165, 1.54) is 17.8 Å². The summed E-state index contributed by atoms with van der Waals surface area (Å²) < 4.78 is 54.4. The SMILES string of the molecule is Cc1cn([C@@H]2O[C@H](CO[Si](C)(C)C(C)(C)C)[C@@]3(OS(=O)(=O)C=C3NCC(=O)O)[C@H]2O[Si](C)(C)C(C)(C)C)c(=O)n(C)c1=O. The number of hydrogen-bond donors (Lipinski definition) is 2. The van der Waals surface area contributed by atoms with Crippen LogP contribution in [0, 0.1) is 6.92 Å². The van der Waals surface area contributed by atoms with Crippen molar-refractivity contribution in [3.05, 3.63) is 43.7 Å². The van der Waals surface area contributed by atoms with Crippen molar-refractivity contribution in [3.63, 3.8) is 0 Å². The average Bonchev–Trinajstić information content (AvgIpc) is 3.28. The van der Waals surface area contributed by atoms with E-state index in [1.54, 1.807) is 6.92 Å². The number of aliphatic carboxylic acids is 1. The zero-order chi connectivity index (χ0) is 33.1. The molecule has 1 fully saturated rings. The topological polar surface area (TPSA) is 164 Å². The van der Waals surface area contributed by atoms with Gasteiger partial charge in [0, 0.05) is 18.8 Å². The maximum atomic E-state index is 13.5. The molecular weight excluding hydrogens is 615 g/mol. The molecule has 13 nitrogen and oxygen atoms in total. The molecule has 2 aliphatic rings. The first-order chi connectivity index (χ1) is 19.3. The molecule has 0 bridgehead atoms. The molecule has 1 aromatic rings.